The van der Waals surface area contributed by atoms with Gasteiger partial charge in [-0.3, -0.25) is 0 Å². The molecule has 0 fully saturated rings. The third-order valence-corrected chi connectivity index (χ3v) is 4.47. The van der Waals surface area contributed by atoms with Gasteiger partial charge in [-0.15, -0.1) is 0 Å². The van der Waals surface area contributed by atoms with Crippen LogP contribution in [0.1, 0.15) is 12.0 Å². The SMILES string of the molecule is NCCSCCCNCCc1cccc(Cl)c1Cl. The Labute approximate surface area is 124 Å². The fourth-order valence-corrected chi connectivity index (χ4v) is 2.71. The zero-order valence-electron chi connectivity index (χ0n) is 10.4. The van der Waals surface area contributed by atoms with E-state index in [1.54, 1.807) is 0 Å². The average Bonchev–Trinajstić information content (AvgIpc) is 2.37. The van der Waals surface area contributed by atoms with Crippen molar-refractivity contribution in [1.82, 2.24) is 5.32 Å². The molecular formula is C13H20Cl2N2S. The van der Waals surface area contributed by atoms with Crippen molar-refractivity contribution in [2.45, 2.75) is 12.8 Å². The van der Waals surface area contributed by atoms with Gasteiger partial charge in [0.1, 0.15) is 0 Å². The molecule has 0 amide bonds. The lowest BCUT2D eigenvalue weighted by Gasteiger charge is -2.07. The highest BCUT2D eigenvalue weighted by Gasteiger charge is 2.03. The smallest absolute Gasteiger partial charge is 0.0624 e. The monoisotopic (exact) mass is 306 g/mol. The highest BCUT2D eigenvalue weighted by atomic mass is 35.5. The molecule has 1 rings (SSSR count). The highest BCUT2D eigenvalue weighted by molar-refractivity contribution is 7.99. The van der Waals surface area contributed by atoms with Gasteiger partial charge in [0.15, 0.2) is 0 Å². The second kappa shape index (κ2) is 9.93. The molecule has 0 saturated heterocycles. The molecule has 0 bridgehead atoms. The molecule has 0 aromatic heterocycles. The van der Waals surface area contributed by atoms with Gasteiger partial charge in [-0.2, -0.15) is 11.8 Å². The number of hydrogen-bond donors (Lipinski definition) is 2. The summed E-state index contributed by atoms with van der Waals surface area (Å²) < 4.78 is 0. The van der Waals surface area contributed by atoms with E-state index in [0.717, 1.165) is 37.4 Å². The lowest BCUT2D eigenvalue weighted by Crippen LogP contribution is -2.19. The van der Waals surface area contributed by atoms with Crippen LogP contribution in [0.5, 0.6) is 0 Å². The van der Waals surface area contributed by atoms with E-state index < -0.39 is 0 Å². The van der Waals surface area contributed by atoms with Crippen molar-refractivity contribution in [2.24, 2.45) is 5.73 Å². The Morgan fingerprint density at radius 2 is 2.00 bits per heavy atom. The fraction of sp³-hybridized carbons (Fsp3) is 0.538. The Bertz CT molecular complexity index is 348. The van der Waals surface area contributed by atoms with E-state index in [1.807, 2.05) is 30.0 Å². The second-order valence-corrected chi connectivity index (χ2v) is 5.98. The summed E-state index contributed by atoms with van der Waals surface area (Å²) in [6.07, 6.45) is 2.09. The first-order chi connectivity index (χ1) is 8.75. The quantitative estimate of drug-likeness (QED) is 0.688. The molecule has 0 unspecified atom stereocenters. The molecule has 5 heteroatoms. The minimum Gasteiger partial charge on any atom is -0.330 e. The van der Waals surface area contributed by atoms with Crippen LogP contribution < -0.4 is 11.1 Å². The van der Waals surface area contributed by atoms with Crippen molar-refractivity contribution < 1.29 is 0 Å². The molecule has 0 aliphatic rings. The molecule has 0 spiro atoms. The lowest BCUT2D eigenvalue weighted by atomic mass is 10.1. The van der Waals surface area contributed by atoms with E-state index in [-0.39, 0.29) is 0 Å². The molecule has 0 saturated carbocycles. The van der Waals surface area contributed by atoms with Crippen LogP contribution in [0.4, 0.5) is 0 Å². The molecule has 0 aliphatic heterocycles. The first kappa shape index (κ1) is 16.1. The van der Waals surface area contributed by atoms with Crippen LogP contribution in [0.3, 0.4) is 0 Å². The summed E-state index contributed by atoms with van der Waals surface area (Å²) in [4.78, 5) is 0. The Balaban J connectivity index is 2.09. The van der Waals surface area contributed by atoms with Crippen molar-refractivity contribution in [3.8, 4) is 0 Å². The van der Waals surface area contributed by atoms with Gasteiger partial charge in [0.2, 0.25) is 0 Å². The second-order valence-electron chi connectivity index (χ2n) is 3.97. The zero-order valence-corrected chi connectivity index (χ0v) is 12.8. The Kier molecular flexibility index (Phi) is 8.90. The normalized spacial score (nSPS) is 10.8. The van der Waals surface area contributed by atoms with E-state index in [4.69, 9.17) is 28.9 Å². The van der Waals surface area contributed by atoms with Crippen LogP contribution in [-0.4, -0.2) is 31.1 Å². The van der Waals surface area contributed by atoms with Gasteiger partial charge in [-0.05, 0) is 43.3 Å². The van der Waals surface area contributed by atoms with Gasteiger partial charge in [-0.25, -0.2) is 0 Å². The molecule has 0 aliphatic carbocycles. The number of benzene rings is 1. The minimum atomic E-state index is 0.632. The first-order valence-electron chi connectivity index (χ1n) is 6.17. The summed E-state index contributed by atoms with van der Waals surface area (Å²) >= 11 is 14.0. The topological polar surface area (TPSA) is 38.0 Å². The molecule has 18 heavy (non-hydrogen) atoms. The summed E-state index contributed by atoms with van der Waals surface area (Å²) in [5, 5.41) is 4.72. The fourth-order valence-electron chi connectivity index (χ4n) is 1.57. The standard InChI is InChI=1S/C13H20Cl2N2S/c14-12-4-1-3-11(13(12)15)5-8-17-7-2-9-18-10-6-16/h1,3-4,17H,2,5-10,16H2. The van der Waals surface area contributed by atoms with Crippen molar-refractivity contribution in [1.29, 1.82) is 0 Å². The molecular weight excluding hydrogens is 287 g/mol. The number of halogens is 2. The molecule has 102 valence electrons. The minimum absolute atomic E-state index is 0.632. The van der Waals surface area contributed by atoms with E-state index in [0.29, 0.717) is 10.0 Å². The van der Waals surface area contributed by atoms with Gasteiger partial charge in [0, 0.05) is 12.3 Å². The first-order valence-corrected chi connectivity index (χ1v) is 8.08. The molecule has 0 heterocycles. The van der Waals surface area contributed by atoms with Crippen molar-refractivity contribution in [3.63, 3.8) is 0 Å². The third kappa shape index (κ3) is 6.30. The highest BCUT2D eigenvalue weighted by Crippen LogP contribution is 2.25. The molecule has 0 radical (unpaired) electrons. The largest absolute Gasteiger partial charge is 0.330 e. The van der Waals surface area contributed by atoms with Gasteiger partial charge in [0.05, 0.1) is 10.0 Å². The zero-order chi connectivity index (χ0) is 13.2. The van der Waals surface area contributed by atoms with Gasteiger partial charge in [0.25, 0.3) is 0 Å². The maximum Gasteiger partial charge on any atom is 0.0624 e. The lowest BCUT2D eigenvalue weighted by molar-refractivity contribution is 0.674. The van der Waals surface area contributed by atoms with Crippen LogP contribution in [0.25, 0.3) is 0 Å². The van der Waals surface area contributed by atoms with Crippen molar-refractivity contribution in [3.05, 3.63) is 33.8 Å². The molecule has 0 atom stereocenters. The number of nitrogens with one attached hydrogen (secondary N) is 1. The summed E-state index contributed by atoms with van der Waals surface area (Å²) in [6, 6.07) is 5.77. The third-order valence-electron chi connectivity index (χ3n) is 2.51. The van der Waals surface area contributed by atoms with Crippen LogP contribution in [0.2, 0.25) is 10.0 Å². The van der Waals surface area contributed by atoms with Crippen LogP contribution in [-0.2, 0) is 6.42 Å². The summed E-state index contributed by atoms with van der Waals surface area (Å²) in [5.41, 5.74) is 6.53. The summed E-state index contributed by atoms with van der Waals surface area (Å²) in [7, 11) is 0. The Morgan fingerprint density at radius 3 is 2.78 bits per heavy atom. The molecule has 3 N–H and O–H groups in total. The number of nitrogens with two attached hydrogens (primary N) is 1. The number of rotatable bonds is 9. The number of hydrogen-bond acceptors (Lipinski definition) is 3. The van der Waals surface area contributed by atoms with Crippen LogP contribution in [0, 0.1) is 0 Å². The van der Waals surface area contributed by atoms with Crippen molar-refractivity contribution >= 4 is 35.0 Å². The van der Waals surface area contributed by atoms with E-state index >= 15 is 0 Å². The van der Waals surface area contributed by atoms with Crippen LogP contribution in [0.15, 0.2) is 18.2 Å². The van der Waals surface area contributed by atoms with Crippen LogP contribution >= 0.6 is 35.0 Å². The average molecular weight is 307 g/mol. The Hall–Kier alpha value is 0.0700. The molecule has 2 nitrogen and oxygen atoms in total. The summed E-state index contributed by atoms with van der Waals surface area (Å²) in [6.45, 7) is 2.74. The Morgan fingerprint density at radius 1 is 1.17 bits per heavy atom. The van der Waals surface area contributed by atoms with Gasteiger partial charge >= 0.3 is 0 Å². The summed E-state index contributed by atoms with van der Waals surface area (Å²) in [5.74, 6) is 2.22. The van der Waals surface area contributed by atoms with Gasteiger partial charge < -0.3 is 11.1 Å². The predicted molar refractivity (Wildman–Crippen MR) is 84.0 cm³/mol. The van der Waals surface area contributed by atoms with E-state index in [2.05, 4.69) is 5.32 Å². The number of thioether (sulfide) groups is 1. The van der Waals surface area contributed by atoms with Gasteiger partial charge in [-0.1, -0.05) is 35.3 Å². The predicted octanol–water partition coefficient (Wildman–Crippen LogP) is 3.21. The molecule has 1 aromatic carbocycles. The molecule has 1 aromatic rings. The van der Waals surface area contributed by atoms with E-state index in [1.165, 1.54) is 12.2 Å². The van der Waals surface area contributed by atoms with Crippen molar-refractivity contribution in [2.75, 3.05) is 31.1 Å². The maximum atomic E-state index is 6.12. The van der Waals surface area contributed by atoms with E-state index in [9.17, 15) is 0 Å². The maximum absolute atomic E-state index is 6.12.